The van der Waals surface area contributed by atoms with Gasteiger partial charge in [0.05, 0.1) is 12.4 Å². The zero-order valence-electron chi connectivity index (χ0n) is 14.5. The van der Waals surface area contributed by atoms with Crippen molar-refractivity contribution >= 4 is 0 Å². The zero-order chi connectivity index (χ0) is 15.8. The fraction of sp³-hybridized carbons (Fsp3) is 0.800. The normalized spacial score (nSPS) is 46.5. The van der Waals surface area contributed by atoms with Crippen molar-refractivity contribution in [2.45, 2.75) is 77.7 Å². The molecule has 0 aromatic carbocycles. The fourth-order valence-corrected chi connectivity index (χ4v) is 6.79. The zero-order valence-corrected chi connectivity index (χ0v) is 14.5. The molecule has 4 rings (SSSR count). The van der Waals surface area contributed by atoms with Gasteiger partial charge >= 0.3 is 0 Å². The summed E-state index contributed by atoms with van der Waals surface area (Å²) in [6.45, 7) is 9.55. The van der Waals surface area contributed by atoms with Gasteiger partial charge in [0.25, 0.3) is 0 Å². The summed E-state index contributed by atoms with van der Waals surface area (Å²) >= 11 is 0. The fourth-order valence-electron chi connectivity index (χ4n) is 6.79. The number of aliphatic hydroxyl groups excluding tert-OH is 1. The molecule has 0 aliphatic heterocycles. The van der Waals surface area contributed by atoms with E-state index in [9.17, 15) is 5.11 Å². The van der Waals surface area contributed by atoms with Crippen molar-refractivity contribution < 1.29 is 9.52 Å². The van der Waals surface area contributed by atoms with Crippen molar-refractivity contribution in [3.8, 4) is 0 Å². The van der Waals surface area contributed by atoms with Gasteiger partial charge in [-0.05, 0) is 72.8 Å². The molecule has 5 atom stereocenters. The summed E-state index contributed by atoms with van der Waals surface area (Å²) in [7, 11) is 0. The van der Waals surface area contributed by atoms with Gasteiger partial charge in [0.15, 0.2) is 0 Å². The lowest BCUT2D eigenvalue weighted by Gasteiger charge is -2.64. The van der Waals surface area contributed by atoms with Gasteiger partial charge in [0, 0.05) is 5.41 Å². The Morgan fingerprint density at radius 3 is 2.59 bits per heavy atom. The van der Waals surface area contributed by atoms with E-state index in [4.69, 9.17) is 4.42 Å². The van der Waals surface area contributed by atoms with Crippen LogP contribution in [-0.4, -0.2) is 11.2 Å². The molecule has 2 nitrogen and oxygen atoms in total. The van der Waals surface area contributed by atoms with E-state index in [2.05, 4.69) is 33.8 Å². The van der Waals surface area contributed by atoms with Gasteiger partial charge < -0.3 is 9.52 Å². The maximum absolute atomic E-state index is 10.6. The van der Waals surface area contributed by atoms with Gasteiger partial charge in [-0.1, -0.05) is 27.7 Å². The number of aryl methyl sites for hydroxylation is 1. The Bertz CT molecular complexity index is 586. The standard InChI is InChI=1S/C20H30O2/c1-18(2)14-7-10-20(4)15(19(14,3)11-8-16(18)21)6-5-13-9-12-22-17(13)20/h9,12,14-16,21H,5-8,10-11H2,1-4H3/t14-,15+,16-,19-,20+/m0/s1. The summed E-state index contributed by atoms with van der Waals surface area (Å²) in [6, 6.07) is 2.18. The van der Waals surface area contributed by atoms with Crippen molar-refractivity contribution in [3.05, 3.63) is 23.7 Å². The van der Waals surface area contributed by atoms with E-state index in [1.165, 1.54) is 37.0 Å². The number of hydrogen-bond acceptors (Lipinski definition) is 2. The van der Waals surface area contributed by atoms with Gasteiger partial charge in [0.2, 0.25) is 0 Å². The summed E-state index contributed by atoms with van der Waals surface area (Å²) in [5, 5.41) is 10.6. The SMILES string of the molecule is CC1(C)[C@@H](O)CC[C@]2(C)[C@H]3CCc4ccoc4[C@]3(C)CC[C@@H]12. The third-order valence-electron chi connectivity index (χ3n) is 7.99. The first-order valence-electron chi connectivity index (χ1n) is 9.05. The van der Waals surface area contributed by atoms with Crippen LogP contribution in [-0.2, 0) is 11.8 Å². The predicted octanol–water partition coefficient (Wildman–Crippen LogP) is 4.70. The van der Waals surface area contributed by atoms with Crippen LogP contribution in [0, 0.1) is 22.7 Å². The van der Waals surface area contributed by atoms with Gasteiger partial charge in [-0.15, -0.1) is 0 Å². The van der Waals surface area contributed by atoms with Crippen molar-refractivity contribution in [2.75, 3.05) is 0 Å². The van der Waals surface area contributed by atoms with Gasteiger partial charge in [0.1, 0.15) is 5.76 Å². The molecule has 0 saturated heterocycles. The largest absolute Gasteiger partial charge is 0.468 e. The van der Waals surface area contributed by atoms with Gasteiger partial charge in [-0.25, -0.2) is 0 Å². The summed E-state index contributed by atoms with van der Waals surface area (Å²) in [6.07, 6.45) is 8.73. The second-order valence-corrected chi connectivity index (χ2v) is 9.26. The molecule has 0 bridgehead atoms. The molecule has 0 unspecified atom stereocenters. The lowest BCUT2D eigenvalue weighted by atomic mass is 9.41. The van der Waals surface area contributed by atoms with E-state index in [0.717, 1.165) is 12.8 Å². The minimum Gasteiger partial charge on any atom is -0.468 e. The smallest absolute Gasteiger partial charge is 0.113 e. The third kappa shape index (κ3) is 1.65. The van der Waals surface area contributed by atoms with Crippen molar-refractivity contribution in [1.29, 1.82) is 0 Å². The monoisotopic (exact) mass is 302 g/mol. The van der Waals surface area contributed by atoms with Crippen LogP contribution in [0.4, 0.5) is 0 Å². The molecular formula is C20H30O2. The topological polar surface area (TPSA) is 33.4 Å². The molecule has 2 saturated carbocycles. The number of hydrogen-bond donors (Lipinski definition) is 1. The molecule has 0 amide bonds. The third-order valence-corrected chi connectivity index (χ3v) is 7.99. The van der Waals surface area contributed by atoms with Crippen LogP contribution >= 0.6 is 0 Å². The average molecular weight is 302 g/mol. The summed E-state index contributed by atoms with van der Waals surface area (Å²) in [5.74, 6) is 2.58. The second kappa shape index (κ2) is 4.41. The molecule has 1 aromatic rings. The van der Waals surface area contributed by atoms with E-state index < -0.39 is 0 Å². The van der Waals surface area contributed by atoms with Crippen LogP contribution in [0.2, 0.25) is 0 Å². The molecule has 3 aliphatic carbocycles. The average Bonchev–Trinajstić information content (AvgIpc) is 2.93. The maximum Gasteiger partial charge on any atom is 0.113 e. The van der Waals surface area contributed by atoms with E-state index in [-0.39, 0.29) is 16.9 Å². The first-order chi connectivity index (χ1) is 10.3. The van der Waals surface area contributed by atoms with Crippen LogP contribution in [0.25, 0.3) is 0 Å². The van der Waals surface area contributed by atoms with Crippen molar-refractivity contribution in [2.24, 2.45) is 22.7 Å². The maximum atomic E-state index is 10.6. The van der Waals surface area contributed by atoms with E-state index in [1.54, 1.807) is 0 Å². The van der Waals surface area contributed by atoms with Crippen LogP contribution < -0.4 is 0 Å². The molecule has 0 spiro atoms. The molecule has 3 aliphatic rings. The Kier molecular flexibility index (Phi) is 2.97. The Labute approximate surface area is 134 Å². The highest BCUT2D eigenvalue weighted by molar-refractivity contribution is 5.32. The number of aliphatic hydroxyl groups is 1. The lowest BCUT2D eigenvalue weighted by molar-refractivity contribution is -0.160. The van der Waals surface area contributed by atoms with Crippen LogP contribution in [0.3, 0.4) is 0 Å². The number of fused-ring (bicyclic) bond motifs is 5. The first-order valence-corrected chi connectivity index (χ1v) is 9.05. The molecule has 1 heterocycles. The number of furan rings is 1. The second-order valence-electron chi connectivity index (χ2n) is 9.26. The highest BCUT2D eigenvalue weighted by Crippen LogP contribution is 2.66. The van der Waals surface area contributed by atoms with E-state index in [1.807, 2.05) is 6.26 Å². The Balaban J connectivity index is 1.79. The molecule has 2 heteroatoms. The molecule has 0 radical (unpaired) electrons. The molecule has 2 fully saturated rings. The summed E-state index contributed by atoms with van der Waals surface area (Å²) < 4.78 is 5.98. The molecule has 22 heavy (non-hydrogen) atoms. The van der Waals surface area contributed by atoms with Crippen molar-refractivity contribution in [3.63, 3.8) is 0 Å². The van der Waals surface area contributed by atoms with Crippen LogP contribution in [0.1, 0.15) is 71.1 Å². The van der Waals surface area contributed by atoms with Crippen LogP contribution in [0.15, 0.2) is 16.7 Å². The minimum absolute atomic E-state index is 0.0395. The molecule has 1 N–H and O–H groups in total. The van der Waals surface area contributed by atoms with Gasteiger partial charge in [-0.2, -0.15) is 0 Å². The summed E-state index contributed by atoms with van der Waals surface area (Å²) in [4.78, 5) is 0. The Morgan fingerprint density at radius 2 is 1.82 bits per heavy atom. The number of rotatable bonds is 0. The molecule has 1 aromatic heterocycles. The highest BCUT2D eigenvalue weighted by Gasteiger charge is 2.62. The molecular weight excluding hydrogens is 272 g/mol. The molecule has 122 valence electrons. The van der Waals surface area contributed by atoms with Crippen molar-refractivity contribution in [1.82, 2.24) is 0 Å². The van der Waals surface area contributed by atoms with E-state index in [0.29, 0.717) is 17.3 Å². The van der Waals surface area contributed by atoms with Crippen LogP contribution in [0.5, 0.6) is 0 Å². The quantitative estimate of drug-likeness (QED) is 0.754. The lowest BCUT2D eigenvalue weighted by Crippen LogP contribution is -2.60. The Morgan fingerprint density at radius 1 is 1.05 bits per heavy atom. The minimum atomic E-state index is -0.141. The highest BCUT2D eigenvalue weighted by atomic mass is 16.3. The summed E-state index contributed by atoms with van der Waals surface area (Å²) in [5.41, 5.74) is 2.01. The van der Waals surface area contributed by atoms with E-state index >= 15 is 0 Å². The Hall–Kier alpha value is -0.760. The first kappa shape index (κ1) is 14.8. The van der Waals surface area contributed by atoms with Gasteiger partial charge in [-0.3, -0.25) is 0 Å². The predicted molar refractivity (Wildman–Crippen MR) is 87.7 cm³/mol.